The van der Waals surface area contributed by atoms with Gasteiger partial charge in [-0.1, -0.05) is 23.8 Å². The van der Waals surface area contributed by atoms with Gasteiger partial charge in [-0.3, -0.25) is 9.59 Å². The van der Waals surface area contributed by atoms with Crippen molar-refractivity contribution >= 4 is 17.5 Å². The molecule has 2 aromatic rings. The molecule has 0 fully saturated rings. The van der Waals surface area contributed by atoms with Crippen LogP contribution in [0.2, 0.25) is 0 Å². The molecule has 0 aliphatic carbocycles. The van der Waals surface area contributed by atoms with Gasteiger partial charge in [-0.05, 0) is 49.6 Å². The van der Waals surface area contributed by atoms with Crippen LogP contribution in [0.3, 0.4) is 0 Å². The Balaban J connectivity index is 1.50. The number of benzene rings is 2. The maximum atomic E-state index is 12.4. The van der Waals surface area contributed by atoms with Crippen LogP contribution < -0.4 is 16.0 Å². The van der Waals surface area contributed by atoms with E-state index in [1.807, 2.05) is 37.3 Å². The van der Waals surface area contributed by atoms with Crippen LogP contribution in [0, 0.1) is 6.92 Å². The van der Waals surface area contributed by atoms with Crippen LogP contribution >= 0.6 is 0 Å². The van der Waals surface area contributed by atoms with Crippen molar-refractivity contribution in [2.75, 3.05) is 25.0 Å². The van der Waals surface area contributed by atoms with Crippen molar-refractivity contribution in [2.45, 2.75) is 19.8 Å². The van der Waals surface area contributed by atoms with Crippen LogP contribution in [0.25, 0.3) is 0 Å². The van der Waals surface area contributed by atoms with Crippen molar-refractivity contribution < 1.29 is 9.59 Å². The molecule has 25 heavy (non-hydrogen) atoms. The highest BCUT2D eigenvalue weighted by Gasteiger charge is 2.16. The second-order valence-corrected chi connectivity index (χ2v) is 6.24. The largest absolute Gasteiger partial charge is 0.385 e. The summed E-state index contributed by atoms with van der Waals surface area (Å²) in [6.45, 7) is 3.72. The summed E-state index contributed by atoms with van der Waals surface area (Å²) in [4.78, 5) is 24.4. The highest BCUT2D eigenvalue weighted by atomic mass is 16.2. The molecule has 0 radical (unpaired) electrons. The van der Waals surface area contributed by atoms with E-state index in [4.69, 9.17) is 0 Å². The van der Waals surface area contributed by atoms with E-state index in [2.05, 4.69) is 16.0 Å². The van der Waals surface area contributed by atoms with E-state index in [1.165, 1.54) is 0 Å². The molecule has 2 aromatic carbocycles. The molecule has 3 N–H and O–H groups in total. The average Bonchev–Trinajstić information content (AvgIpc) is 2.65. The molecule has 0 saturated carbocycles. The lowest BCUT2D eigenvalue weighted by atomic mass is 9.97. The number of fused-ring (bicyclic) bond motifs is 1. The molecule has 0 saturated heterocycles. The van der Waals surface area contributed by atoms with E-state index in [-0.39, 0.29) is 11.8 Å². The highest BCUT2D eigenvalue weighted by Crippen LogP contribution is 2.25. The number of hydrogen-bond acceptors (Lipinski definition) is 3. The second kappa shape index (κ2) is 7.83. The lowest BCUT2D eigenvalue weighted by molar-refractivity contribution is 0.0927. The number of aryl methyl sites for hydroxylation is 1. The van der Waals surface area contributed by atoms with E-state index in [1.54, 1.807) is 12.1 Å². The summed E-state index contributed by atoms with van der Waals surface area (Å²) in [5.41, 5.74) is 4.58. The molecule has 0 spiro atoms. The first kappa shape index (κ1) is 17.0. The third kappa shape index (κ3) is 4.18. The Kier molecular flexibility index (Phi) is 5.33. The van der Waals surface area contributed by atoms with Gasteiger partial charge in [0.25, 0.3) is 11.8 Å². The number of nitrogens with one attached hydrogen (secondary N) is 3. The molecule has 0 bridgehead atoms. The molecule has 0 atom stereocenters. The molecule has 0 unspecified atom stereocenters. The van der Waals surface area contributed by atoms with Crippen molar-refractivity contribution in [3.63, 3.8) is 0 Å². The Morgan fingerprint density at radius 2 is 1.72 bits per heavy atom. The zero-order valence-electron chi connectivity index (χ0n) is 14.4. The minimum atomic E-state index is -0.129. The number of carbonyl (C=O) groups is 2. The summed E-state index contributed by atoms with van der Waals surface area (Å²) in [7, 11) is 0. The summed E-state index contributed by atoms with van der Waals surface area (Å²) >= 11 is 0. The van der Waals surface area contributed by atoms with Crippen molar-refractivity contribution in [3.8, 4) is 0 Å². The first-order valence-corrected chi connectivity index (χ1v) is 8.64. The maximum Gasteiger partial charge on any atom is 0.251 e. The van der Waals surface area contributed by atoms with E-state index in [9.17, 15) is 9.59 Å². The molecule has 130 valence electrons. The molecule has 1 aliphatic heterocycles. The van der Waals surface area contributed by atoms with Gasteiger partial charge < -0.3 is 16.0 Å². The highest BCUT2D eigenvalue weighted by molar-refractivity contribution is 5.97. The van der Waals surface area contributed by atoms with Crippen molar-refractivity contribution in [2.24, 2.45) is 0 Å². The van der Waals surface area contributed by atoms with Gasteiger partial charge in [0, 0.05) is 36.4 Å². The molecule has 1 aliphatic rings. The Labute approximate surface area is 147 Å². The SMILES string of the molecule is Cc1ccc(C(=O)NCCNC(=O)c2cccc3c2CCCN3)cc1. The lowest BCUT2D eigenvalue weighted by Gasteiger charge is -2.20. The fourth-order valence-corrected chi connectivity index (χ4v) is 2.98. The third-order valence-corrected chi connectivity index (χ3v) is 4.35. The van der Waals surface area contributed by atoms with E-state index < -0.39 is 0 Å². The summed E-state index contributed by atoms with van der Waals surface area (Å²) in [6.07, 6.45) is 1.94. The van der Waals surface area contributed by atoms with Gasteiger partial charge in [0.05, 0.1) is 0 Å². The number of hydrogen-bond donors (Lipinski definition) is 3. The van der Waals surface area contributed by atoms with E-state index in [0.717, 1.165) is 41.8 Å². The first-order valence-electron chi connectivity index (χ1n) is 8.64. The van der Waals surface area contributed by atoms with Gasteiger partial charge in [0.1, 0.15) is 0 Å². The quantitative estimate of drug-likeness (QED) is 0.734. The summed E-state index contributed by atoms with van der Waals surface area (Å²) < 4.78 is 0. The van der Waals surface area contributed by atoms with Gasteiger partial charge in [0.2, 0.25) is 0 Å². The predicted molar refractivity (Wildman–Crippen MR) is 99.1 cm³/mol. The smallest absolute Gasteiger partial charge is 0.251 e. The molecular formula is C20H23N3O2. The minimum absolute atomic E-state index is 0.0925. The monoisotopic (exact) mass is 337 g/mol. The topological polar surface area (TPSA) is 70.2 Å². The molecule has 3 rings (SSSR count). The number of anilines is 1. The fraction of sp³-hybridized carbons (Fsp3) is 0.300. The Bertz CT molecular complexity index is 769. The number of carbonyl (C=O) groups excluding carboxylic acids is 2. The zero-order chi connectivity index (χ0) is 17.6. The normalized spacial score (nSPS) is 12.7. The molecule has 5 heteroatoms. The van der Waals surface area contributed by atoms with Gasteiger partial charge in [-0.15, -0.1) is 0 Å². The molecular weight excluding hydrogens is 314 g/mol. The Hall–Kier alpha value is -2.82. The third-order valence-electron chi connectivity index (χ3n) is 4.35. The van der Waals surface area contributed by atoms with E-state index in [0.29, 0.717) is 18.7 Å². The second-order valence-electron chi connectivity index (χ2n) is 6.24. The molecule has 2 amide bonds. The Morgan fingerprint density at radius 3 is 2.48 bits per heavy atom. The predicted octanol–water partition coefficient (Wildman–Crippen LogP) is 2.51. The van der Waals surface area contributed by atoms with Crippen LogP contribution in [0.1, 0.15) is 38.3 Å². The molecule has 1 heterocycles. The fourth-order valence-electron chi connectivity index (χ4n) is 2.98. The number of rotatable bonds is 5. The van der Waals surface area contributed by atoms with Crippen LogP contribution in [0.15, 0.2) is 42.5 Å². The average molecular weight is 337 g/mol. The summed E-state index contributed by atoms with van der Waals surface area (Å²) in [5.74, 6) is -0.222. The number of amides is 2. The standard InChI is InChI=1S/C20H23N3O2/c1-14-7-9-15(10-8-14)19(24)22-12-13-23-20(25)17-4-2-6-18-16(17)5-3-11-21-18/h2,4,6-10,21H,3,5,11-13H2,1H3,(H,22,24)(H,23,25). The van der Waals surface area contributed by atoms with Gasteiger partial charge in [-0.25, -0.2) is 0 Å². The summed E-state index contributed by atoms with van der Waals surface area (Å²) in [6, 6.07) is 13.2. The first-order chi connectivity index (χ1) is 12.1. The van der Waals surface area contributed by atoms with E-state index >= 15 is 0 Å². The molecule has 0 aromatic heterocycles. The van der Waals surface area contributed by atoms with Crippen molar-refractivity contribution in [3.05, 3.63) is 64.7 Å². The maximum absolute atomic E-state index is 12.4. The van der Waals surface area contributed by atoms with Crippen LogP contribution in [0.5, 0.6) is 0 Å². The van der Waals surface area contributed by atoms with Gasteiger partial charge >= 0.3 is 0 Å². The van der Waals surface area contributed by atoms with Gasteiger partial charge in [-0.2, -0.15) is 0 Å². The van der Waals surface area contributed by atoms with Crippen molar-refractivity contribution in [1.82, 2.24) is 10.6 Å². The zero-order valence-corrected chi connectivity index (χ0v) is 14.4. The summed E-state index contributed by atoms with van der Waals surface area (Å²) in [5, 5.41) is 9.03. The van der Waals surface area contributed by atoms with Crippen LogP contribution in [-0.4, -0.2) is 31.4 Å². The molecule has 5 nitrogen and oxygen atoms in total. The van der Waals surface area contributed by atoms with Crippen LogP contribution in [0.4, 0.5) is 5.69 Å². The Morgan fingerprint density at radius 1 is 1.00 bits per heavy atom. The van der Waals surface area contributed by atoms with Crippen molar-refractivity contribution in [1.29, 1.82) is 0 Å². The minimum Gasteiger partial charge on any atom is -0.385 e. The van der Waals surface area contributed by atoms with Gasteiger partial charge in [0.15, 0.2) is 0 Å². The lowest BCUT2D eigenvalue weighted by Crippen LogP contribution is -2.35. The van der Waals surface area contributed by atoms with Crippen LogP contribution in [-0.2, 0) is 6.42 Å².